The van der Waals surface area contributed by atoms with Crippen molar-refractivity contribution in [3.8, 4) is 5.69 Å². The standard InChI is InChI=1S/C8H4Cl2N3/c9-6-1-2-8(7(10)5-6)13-4-3-11-12-13/h1-3,5H. The predicted octanol–water partition coefficient (Wildman–Crippen LogP) is 2.37. The Bertz CT molecular complexity index is 411. The van der Waals surface area contributed by atoms with E-state index >= 15 is 0 Å². The van der Waals surface area contributed by atoms with Crippen molar-refractivity contribution in [1.29, 1.82) is 0 Å². The van der Waals surface area contributed by atoms with Gasteiger partial charge in [-0.1, -0.05) is 28.4 Å². The van der Waals surface area contributed by atoms with Crippen LogP contribution in [-0.2, 0) is 0 Å². The van der Waals surface area contributed by atoms with Crippen LogP contribution in [-0.4, -0.2) is 15.0 Å². The molecule has 0 aliphatic heterocycles. The summed E-state index contributed by atoms with van der Waals surface area (Å²) in [6.45, 7) is 0. The minimum Gasteiger partial charge on any atom is -0.210 e. The largest absolute Gasteiger partial charge is 0.210 e. The topological polar surface area (TPSA) is 30.7 Å². The van der Waals surface area contributed by atoms with Crippen molar-refractivity contribution in [3.63, 3.8) is 0 Å². The third-order valence-electron chi connectivity index (χ3n) is 1.52. The summed E-state index contributed by atoms with van der Waals surface area (Å²) in [6.07, 6.45) is 4.24. The van der Waals surface area contributed by atoms with Crippen LogP contribution in [0.25, 0.3) is 5.69 Å². The highest BCUT2D eigenvalue weighted by atomic mass is 35.5. The van der Waals surface area contributed by atoms with E-state index in [9.17, 15) is 0 Å². The first-order valence-electron chi connectivity index (χ1n) is 3.51. The zero-order chi connectivity index (χ0) is 9.26. The number of aromatic nitrogens is 3. The third-order valence-corrected chi connectivity index (χ3v) is 2.05. The van der Waals surface area contributed by atoms with Crippen LogP contribution >= 0.6 is 23.2 Å². The van der Waals surface area contributed by atoms with Gasteiger partial charge in [0.1, 0.15) is 6.20 Å². The molecule has 65 valence electrons. The van der Waals surface area contributed by atoms with Crippen LogP contribution in [0.4, 0.5) is 0 Å². The van der Waals surface area contributed by atoms with Gasteiger partial charge < -0.3 is 0 Å². The maximum atomic E-state index is 5.93. The molecule has 1 aromatic carbocycles. The van der Waals surface area contributed by atoms with Gasteiger partial charge in [-0.3, -0.25) is 0 Å². The molecule has 0 amide bonds. The number of halogens is 2. The summed E-state index contributed by atoms with van der Waals surface area (Å²) < 4.78 is 1.46. The first-order chi connectivity index (χ1) is 6.27. The molecule has 0 unspecified atom stereocenters. The van der Waals surface area contributed by atoms with E-state index < -0.39 is 0 Å². The van der Waals surface area contributed by atoms with Gasteiger partial charge in [0.15, 0.2) is 0 Å². The maximum absolute atomic E-state index is 5.93. The second-order valence-electron chi connectivity index (χ2n) is 2.37. The van der Waals surface area contributed by atoms with Crippen LogP contribution < -0.4 is 0 Å². The van der Waals surface area contributed by atoms with Crippen molar-refractivity contribution >= 4 is 23.2 Å². The highest BCUT2D eigenvalue weighted by Crippen LogP contribution is 2.23. The molecule has 3 nitrogen and oxygen atoms in total. The summed E-state index contributed by atoms with van der Waals surface area (Å²) >= 11 is 11.7. The van der Waals surface area contributed by atoms with Gasteiger partial charge in [-0.15, -0.1) is 5.10 Å². The Morgan fingerprint density at radius 1 is 1.31 bits per heavy atom. The summed E-state index contributed by atoms with van der Waals surface area (Å²) in [5.74, 6) is 0. The number of hydrogen-bond acceptors (Lipinski definition) is 2. The fourth-order valence-corrected chi connectivity index (χ4v) is 1.44. The molecule has 2 aromatic rings. The quantitative estimate of drug-likeness (QED) is 0.727. The molecule has 5 heteroatoms. The molecule has 0 aliphatic rings. The molecule has 0 bridgehead atoms. The van der Waals surface area contributed by atoms with Crippen molar-refractivity contribution in [2.75, 3.05) is 0 Å². The number of hydrogen-bond donors (Lipinski definition) is 0. The Kier molecular flexibility index (Phi) is 2.20. The lowest BCUT2D eigenvalue weighted by Crippen LogP contribution is -1.95. The van der Waals surface area contributed by atoms with Gasteiger partial charge in [0.25, 0.3) is 0 Å². The van der Waals surface area contributed by atoms with Gasteiger partial charge in [-0.25, -0.2) is 4.68 Å². The highest BCUT2D eigenvalue weighted by Gasteiger charge is 2.03. The van der Waals surface area contributed by atoms with E-state index in [2.05, 4.69) is 16.5 Å². The lowest BCUT2D eigenvalue weighted by Gasteiger charge is -2.01. The van der Waals surface area contributed by atoms with E-state index in [0.29, 0.717) is 15.7 Å². The molecule has 1 heterocycles. The molecule has 13 heavy (non-hydrogen) atoms. The van der Waals surface area contributed by atoms with Crippen molar-refractivity contribution in [2.24, 2.45) is 0 Å². The second kappa shape index (κ2) is 3.36. The van der Waals surface area contributed by atoms with Gasteiger partial charge in [0, 0.05) is 5.02 Å². The number of benzene rings is 1. The average Bonchev–Trinajstić information content (AvgIpc) is 2.56. The van der Waals surface area contributed by atoms with E-state index in [1.54, 1.807) is 18.2 Å². The maximum Gasteiger partial charge on any atom is 0.115 e. The smallest absolute Gasteiger partial charge is 0.115 e. The van der Waals surface area contributed by atoms with Crippen LogP contribution in [0.1, 0.15) is 0 Å². The van der Waals surface area contributed by atoms with Gasteiger partial charge in [-0.2, -0.15) is 0 Å². The molecule has 0 N–H and O–H groups in total. The fraction of sp³-hybridized carbons (Fsp3) is 0. The molecular weight excluding hydrogens is 209 g/mol. The first kappa shape index (κ1) is 8.53. The first-order valence-corrected chi connectivity index (χ1v) is 4.27. The molecule has 0 saturated heterocycles. The van der Waals surface area contributed by atoms with Gasteiger partial charge in [0.2, 0.25) is 0 Å². The van der Waals surface area contributed by atoms with E-state index in [4.69, 9.17) is 23.2 Å². The van der Waals surface area contributed by atoms with Gasteiger partial charge >= 0.3 is 0 Å². The zero-order valence-corrected chi connectivity index (χ0v) is 7.92. The normalized spacial score (nSPS) is 10.3. The Labute approximate surface area is 84.9 Å². The van der Waals surface area contributed by atoms with E-state index in [1.165, 1.54) is 10.9 Å². The van der Waals surface area contributed by atoms with Crippen LogP contribution in [0.15, 0.2) is 24.4 Å². The van der Waals surface area contributed by atoms with Gasteiger partial charge in [0.05, 0.1) is 16.9 Å². The molecule has 1 aromatic heterocycles. The third kappa shape index (κ3) is 1.66. The summed E-state index contributed by atoms with van der Waals surface area (Å²) in [5.41, 5.74) is 0.712. The Morgan fingerprint density at radius 2 is 2.15 bits per heavy atom. The van der Waals surface area contributed by atoms with Crippen molar-refractivity contribution in [3.05, 3.63) is 40.6 Å². The van der Waals surface area contributed by atoms with E-state index in [1.807, 2.05) is 0 Å². The van der Waals surface area contributed by atoms with E-state index in [-0.39, 0.29) is 0 Å². The molecular formula is C8H4Cl2N3. The van der Waals surface area contributed by atoms with Gasteiger partial charge in [-0.05, 0) is 18.2 Å². The molecule has 0 aliphatic carbocycles. The zero-order valence-electron chi connectivity index (χ0n) is 6.41. The molecule has 2 rings (SSSR count). The van der Waals surface area contributed by atoms with Crippen molar-refractivity contribution < 1.29 is 0 Å². The molecule has 0 saturated carbocycles. The Hall–Kier alpha value is -1.06. The monoisotopic (exact) mass is 212 g/mol. The van der Waals surface area contributed by atoms with Crippen molar-refractivity contribution in [2.45, 2.75) is 0 Å². The minimum atomic E-state index is 0.522. The molecule has 0 fully saturated rings. The summed E-state index contributed by atoms with van der Waals surface area (Å²) in [6, 6.07) is 5.14. The van der Waals surface area contributed by atoms with E-state index in [0.717, 1.165) is 0 Å². The lowest BCUT2D eigenvalue weighted by molar-refractivity contribution is 0.800. The van der Waals surface area contributed by atoms with Crippen LogP contribution in [0.3, 0.4) is 0 Å². The Morgan fingerprint density at radius 3 is 2.77 bits per heavy atom. The molecule has 0 atom stereocenters. The Balaban J connectivity index is 2.53. The molecule has 1 radical (unpaired) electrons. The van der Waals surface area contributed by atoms with Crippen LogP contribution in [0.5, 0.6) is 0 Å². The van der Waals surface area contributed by atoms with Crippen LogP contribution in [0, 0.1) is 6.20 Å². The summed E-state index contributed by atoms with van der Waals surface area (Å²) in [5, 5.41) is 8.50. The minimum absolute atomic E-state index is 0.522. The van der Waals surface area contributed by atoms with Crippen LogP contribution in [0.2, 0.25) is 10.0 Å². The predicted molar refractivity (Wildman–Crippen MR) is 50.2 cm³/mol. The number of rotatable bonds is 1. The molecule has 0 spiro atoms. The fourth-order valence-electron chi connectivity index (χ4n) is 0.955. The summed E-state index contributed by atoms with van der Waals surface area (Å²) in [7, 11) is 0. The summed E-state index contributed by atoms with van der Waals surface area (Å²) in [4.78, 5) is 0. The number of nitrogens with zero attached hydrogens (tertiary/aromatic N) is 3. The second-order valence-corrected chi connectivity index (χ2v) is 3.21. The SMILES string of the molecule is Clc1ccc(-n2[c]cnn2)c(Cl)c1. The highest BCUT2D eigenvalue weighted by molar-refractivity contribution is 6.35. The average molecular weight is 213 g/mol. The van der Waals surface area contributed by atoms with Crippen molar-refractivity contribution in [1.82, 2.24) is 15.0 Å². The lowest BCUT2D eigenvalue weighted by atomic mass is 10.3.